The first-order valence-corrected chi connectivity index (χ1v) is 6.69. The minimum atomic E-state index is 0.785. The summed E-state index contributed by atoms with van der Waals surface area (Å²) >= 11 is 7.65. The number of aryl methyl sites for hydroxylation is 1. The summed E-state index contributed by atoms with van der Waals surface area (Å²) in [5.41, 5.74) is 2.54. The normalized spacial score (nSPS) is 11.2. The Balaban J connectivity index is 1.97. The van der Waals surface area contributed by atoms with E-state index in [0.29, 0.717) is 0 Å². The average molecular weight is 264 g/mol. The fourth-order valence-electron chi connectivity index (χ4n) is 1.91. The summed E-state index contributed by atoms with van der Waals surface area (Å²) in [5.74, 6) is 0. The Morgan fingerprint density at radius 1 is 1.29 bits per heavy atom. The zero-order chi connectivity index (χ0) is 11.8. The Hall–Kier alpha value is -1.32. The smallest absolute Gasteiger partial charge is 0.217 e. The number of hydrogen-bond donors (Lipinski definition) is 0. The van der Waals surface area contributed by atoms with Gasteiger partial charge in [-0.1, -0.05) is 35.1 Å². The number of hydrogen-bond acceptors (Lipinski definition) is 1. The first-order chi connectivity index (χ1) is 8.24. The summed E-state index contributed by atoms with van der Waals surface area (Å²) < 4.78 is 4.46. The zero-order valence-corrected chi connectivity index (χ0v) is 11.0. The van der Waals surface area contributed by atoms with Gasteiger partial charge in [0.15, 0.2) is 0 Å². The molecule has 0 aliphatic heterocycles. The molecule has 0 spiro atoms. The Morgan fingerprint density at radius 3 is 2.82 bits per heavy atom. The highest BCUT2D eigenvalue weighted by atomic mass is 35.5. The maximum atomic E-state index is 5.88. The molecule has 0 bridgehead atoms. The van der Waals surface area contributed by atoms with Crippen molar-refractivity contribution in [2.75, 3.05) is 0 Å². The van der Waals surface area contributed by atoms with E-state index in [2.05, 4.69) is 45.8 Å². The third-order valence-corrected chi connectivity index (χ3v) is 4.18. The molecule has 0 radical (unpaired) electrons. The van der Waals surface area contributed by atoms with Crippen molar-refractivity contribution in [3.63, 3.8) is 0 Å². The van der Waals surface area contributed by atoms with Crippen molar-refractivity contribution in [2.24, 2.45) is 0 Å². The molecule has 17 heavy (non-hydrogen) atoms. The second-order valence-electron chi connectivity index (χ2n) is 4.08. The molecule has 2 heterocycles. The van der Waals surface area contributed by atoms with Crippen LogP contribution in [-0.4, -0.2) is 4.40 Å². The van der Waals surface area contributed by atoms with Gasteiger partial charge in [0.1, 0.15) is 24.6 Å². The molecule has 1 aromatic carbocycles. The van der Waals surface area contributed by atoms with Crippen LogP contribution >= 0.6 is 22.9 Å². The molecule has 0 atom stereocenters. The molecule has 2 nitrogen and oxygen atoms in total. The maximum Gasteiger partial charge on any atom is 0.346 e. The molecule has 4 heteroatoms. The molecule has 0 saturated heterocycles. The van der Waals surface area contributed by atoms with Crippen LogP contribution in [0.15, 0.2) is 42.0 Å². The largest absolute Gasteiger partial charge is 0.346 e. The summed E-state index contributed by atoms with van der Waals surface area (Å²) in [5, 5.41) is 2.96. The summed E-state index contributed by atoms with van der Waals surface area (Å²) in [6.45, 7) is 3.00. The van der Waals surface area contributed by atoms with Gasteiger partial charge in [-0.3, -0.25) is 0 Å². The number of thiazole rings is 1. The van der Waals surface area contributed by atoms with Gasteiger partial charge in [0.2, 0.25) is 0 Å². The van der Waals surface area contributed by atoms with Crippen LogP contribution in [0.1, 0.15) is 11.3 Å². The van der Waals surface area contributed by atoms with E-state index in [-0.39, 0.29) is 0 Å². The van der Waals surface area contributed by atoms with Crippen LogP contribution in [0.25, 0.3) is 4.96 Å². The van der Waals surface area contributed by atoms with Crippen LogP contribution in [0.2, 0.25) is 5.02 Å². The fraction of sp³-hybridized carbons (Fsp3) is 0.154. The van der Waals surface area contributed by atoms with Gasteiger partial charge in [-0.2, -0.15) is 4.40 Å². The average Bonchev–Trinajstić information content (AvgIpc) is 2.87. The molecule has 0 saturated carbocycles. The van der Waals surface area contributed by atoms with Crippen molar-refractivity contribution in [3.05, 3.63) is 58.3 Å². The molecule has 0 fully saturated rings. The van der Waals surface area contributed by atoms with Gasteiger partial charge < -0.3 is 0 Å². The van der Waals surface area contributed by atoms with E-state index in [9.17, 15) is 0 Å². The van der Waals surface area contributed by atoms with Gasteiger partial charge in [0, 0.05) is 10.4 Å². The van der Waals surface area contributed by atoms with Crippen molar-refractivity contribution in [3.8, 4) is 0 Å². The second kappa shape index (κ2) is 4.17. The molecule has 0 aliphatic carbocycles. The maximum absolute atomic E-state index is 5.88. The van der Waals surface area contributed by atoms with Crippen LogP contribution < -0.4 is 4.57 Å². The van der Waals surface area contributed by atoms with Crippen molar-refractivity contribution >= 4 is 27.9 Å². The number of aromatic nitrogens is 2. The minimum absolute atomic E-state index is 0.785. The third-order valence-electron chi connectivity index (χ3n) is 2.83. The molecule has 0 aliphatic rings. The summed E-state index contributed by atoms with van der Waals surface area (Å²) in [6, 6.07) is 8.01. The lowest BCUT2D eigenvalue weighted by Gasteiger charge is -1.97. The van der Waals surface area contributed by atoms with Crippen molar-refractivity contribution in [1.29, 1.82) is 0 Å². The monoisotopic (exact) mass is 263 g/mol. The number of nitrogens with zero attached hydrogens (tertiary/aromatic N) is 2. The van der Waals surface area contributed by atoms with Gasteiger partial charge in [0.05, 0.1) is 0 Å². The van der Waals surface area contributed by atoms with Crippen molar-refractivity contribution in [2.45, 2.75) is 13.5 Å². The highest BCUT2D eigenvalue weighted by Gasteiger charge is 2.13. The lowest BCUT2D eigenvalue weighted by atomic mass is 10.2. The highest BCUT2D eigenvalue weighted by molar-refractivity contribution is 7.14. The summed E-state index contributed by atoms with van der Waals surface area (Å²) in [7, 11) is 0. The van der Waals surface area contributed by atoms with Crippen molar-refractivity contribution in [1.82, 2.24) is 4.40 Å². The number of benzene rings is 1. The number of fused-ring (bicyclic) bond motifs is 1. The van der Waals surface area contributed by atoms with Crippen LogP contribution in [-0.2, 0) is 6.54 Å². The first kappa shape index (κ1) is 10.8. The van der Waals surface area contributed by atoms with Crippen LogP contribution in [0.5, 0.6) is 0 Å². The topological polar surface area (TPSA) is 8.29 Å². The van der Waals surface area contributed by atoms with Crippen LogP contribution in [0.4, 0.5) is 0 Å². The first-order valence-electron chi connectivity index (χ1n) is 5.43. The molecule has 0 N–H and O–H groups in total. The fourth-order valence-corrected chi connectivity index (χ4v) is 3.00. The van der Waals surface area contributed by atoms with Crippen molar-refractivity contribution < 1.29 is 4.57 Å². The van der Waals surface area contributed by atoms with Gasteiger partial charge in [0.25, 0.3) is 0 Å². The Bertz CT molecular complexity index is 652. The SMILES string of the molecule is Cc1csc2n1cc[n+]2Cc1ccc(Cl)cc1. The predicted octanol–water partition coefficient (Wildman–Crippen LogP) is 3.30. The van der Waals surface area contributed by atoms with E-state index in [0.717, 1.165) is 11.6 Å². The summed E-state index contributed by atoms with van der Waals surface area (Å²) in [4.78, 5) is 1.26. The molecule has 3 aromatic rings. The third kappa shape index (κ3) is 1.96. The van der Waals surface area contributed by atoms with E-state index in [4.69, 9.17) is 11.6 Å². The zero-order valence-electron chi connectivity index (χ0n) is 9.43. The van der Waals surface area contributed by atoms with E-state index < -0.39 is 0 Å². The van der Waals surface area contributed by atoms with E-state index in [1.165, 1.54) is 16.2 Å². The lowest BCUT2D eigenvalue weighted by Crippen LogP contribution is -2.31. The van der Waals surface area contributed by atoms with E-state index in [1.54, 1.807) is 11.3 Å². The van der Waals surface area contributed by atoms with Gasteiger partial charge >= 0.3 is 4.96 Å². The molecule has 0 amide bonds. The molecule has 0 unspecified atom stereocenters. The minimum Gasteiger partial charge on any atom is -0.217 e. The Kier molecular flexibility index (Phi) is 2.65. The highest BCUT2D eigenvalue weighted by Crippen LogP contribution is 2.14. The molecule has 2 aromatic heterocycles. The molecule has 86 valence electrons. The van der Waals surface area contributed by atoms with Gasteiger partial charge in [-0.25, -0.2) is 4.57 Å². The number of rotatable bonds is 2. The lowest BCUT2D eigenvalue weighted by molar-refractivity contribution is -0.659. The molecular weight excluding hydrogens is 252 g/mol. The van der Waals surface area contributed by atoms with Gasteiger partial charge in [-0.05, 0) is 24.6 Å². The molecule has 3 rings (SSSR count). The van der Waals surface area contributed by atoms with E-state index in [1.807, 2.05) is 12.1 Å². The standard InChI is InChI=1S/C13H12ClN2S/c1-10-9-17-13-15(6-7-16(10)13)8-11-2-4-12(14)5-3-11/h2-7,9H,8H2,1H3/q+1. The quantitative estimate of drug-likeness (QED) is 0.627. The van der Waals surface area contributed by atoms with Crippen LogP contribution in [0, 0.1) is 6.92 Å². The van der Waals surface area contributed by atoms with E-state index >= 15 is 0 Å². The number of imidazole rings is 1. The second-order valence-corrected chi connectivity index (χ2v) is 5.36. The summed E-state index contributed by atoms with van der Waals surface area (Å²) in [6.07, 6.45) is 4.23. The Labute approximate surface area is 109 Å². The van der Waals surface area contributed by atoms with Gasteiger partial charge in [-0.15, -0.1) is 0 Å². The Morgan fingerprint density at radius 2 is 2.06 bits per heavy atom. The van der Waals surface area contributed by atoms with Crippen LogP contribution in [0.3, 0.4) is 0 Å². The molecular formula is C13H12ClN2S+. The predicted molar refractivity (Wildman–Crippen MR) is 70.8 cm³/mol. The number of halogens is 1.